The topological polar surface area (TPSA) is 89.5 Å². The molecule has 0 unspecified atom stereocenters. The first-order valence-electron chi connectivity index (χ1n) is 6.46. The van der Waals surface area contributed by atoms with E-state index in [1.165, 1.54) is 25.1 Å². The van der Waals surface area contributed by atoms with Crippen molar-refractivity contribution < 1.29 is 22.7 Å². The van der Waals surface area contributed by atoms with E-state index in [2.05, 4.69) is 5.32 Å². The minimum Gasteiger partial charge on any atom is -0.449 e. The molecule has 0 bridgehead atoms. The molecule has 0 spiro atoms. The van der Waals surface area contributed by atoms with Gasteiger partial charge >= 0.3 is 5.97 Å². The highest BCUT2D eigenvalue weighted by Gasteiger charge is 2.21. The van der Waals surface area contributed by atoms with E-state index in [0.717, 1.165) is 6.26 Å². The molecule has 0 aliphatic heterocycles. The van der Waals surface area contributed by atoms with Crippen LogP contribution in [-0.4, -0.2) is 39.2 Å². The van der Waals surface area contributed by atoms with Crippen molar-refractivity contribution in [2.45, 2.75) is 31.8 Å². The van der Waals surface area contributed by atoms with Gasteiger partial charge in [0.2, 0.25) is 0 Å². The van der Waals surface area contributed by atoms with E-state index in [1.54, 1.807) is 13.8 Å². The monoisotopic (exact) mass is 313 g/mol. The molecule has 1 amide bonds. The summed E-state index contributed by atoms with van der Waals surface area (Å²) in [6.45, 7) is 5.31. The zero-order valence-corrected chi connectivity index (χ0v) is 13.3. The second-order valence-corrected chi connectivity index (χ2v) is 6.71. The van der Waals surface area contributed by atoms with Gasteiger partial charge < -0.3 is 10.1 Å². The third kappa shape index (κ3) is 4.56. The second-order valence-electron chi connectivity index (χ2n) is 4.69. The molecule has 1 aromatic rings. The molecule has 0 aliphatic carbocycles. The maximum atomic E-state index is 12.1. The third-order valence-corrected chi connectivity index (χ3v) is 3.97. The summed E-state index contributed by atoms with van der Waals surface area (Å²) in [5.74, 6) is -1.13. The van der Waals surface area contributed by atoms with Crippen molar-refractivity contribution in [1.82, 2.24) is 5.32 Å². The molecule has 6 nitrogen and oxygen atoms in total. The largest absolute Gasteiger partial charge is 0.449 e. The minimum atomic E-state index is -3.42. The summed E-state index contributed by atoms with van der Waals surface area (Å²) in [4.78, 5) is 23.6. The predicted molar refractivity (Wildman–Crippen MR) is 77.9 cm³/mol. The van der Waals surface area contributed by atoms with Crippen LogP contribution in [0.25, 0.3) is 0 Å². The number of carbonyl (C=O) groups is 2. The van der Waals surface area contributed by atoms with Crippen LogP contribution in [0.1, 0.15) is 29.8 Å². The number of likely N-dealkylation sites (N-methyl/N-ethyl adjacent to an activating group) is 1. The van der Waals surface area contributed by atoms with Crippen molar-refractivity contribution in [3.63, 3.8) is 0 Å². The Kier molecular flexibility index (Phi) is 5.48. The van der Waals surface area contributed by atoms with Gasteiger partial charge in [-0.05, 0) is 38.5 Å². The SMILES string of the molecule is CCNC(=O)[C@H](C)OC(=O)c1cc(S(C)(=O)=O)ccc1C. The summed E-state index contributed by atoms with van der Waals surface area (Å²) in [5.41, 5.74) is 0.713. The fourth-order valence-electron chi connectivity index (χ4n) is 1.65. The molecule has 0 aliphatic rings. The molecular formula is C14H19NO5S. The Morgan fingerprint density at radius 1 is 1.33 bits per heavy atom. The van der Waals surface area contributed by atoms with Crippen molar-refractivity contribution >= 4 is 21.7 Å². The van der Waals surface area contributed by atoms with Crippen LogP contribution >= 0.6 is 0 Å². The predicted octanol–water partition coefficient (Wildman–Crippen LogP) is 1.08. The van der Waals surface area contributed by atoms with E-state index in [-0.39, 0.29) is 10.5 Å². The molecule has 0 heterocycles. The van der Waals surface area contributed by atoms with Gasteiger partial charge in [0, 0.05) is 12.8 Å². The molecule has 116 valence electrons. The van der Waals surface area contributed by atoms with Gasteiger partial charge in [0.1, 0.15) is 0 Å². The van der Waals surface area contributed by atoms with Crippen molar-refractivity contribution in [3.8, 4) is 0 Å². The van der Waals surface area contributed by atoms with Gasteiger partial charge in [-0.15, -0.1) is 0 Å². The molecule has 0 aromatic heterocycles. The summed E-state index contributed by atoms with van der Waals surface area (Å²) in [6, 6.07) is 4.22. The maximum Gasteiger partial charge on any atom is 0.339 e. The van der Waals surface area contributed by atoms with Crippen LogP contribution in [0.3, 0.4) is 0 Å². The lowest BCUT2D eigenvalue weighted by Crippen LogP contribution is -2.35. The maximum absolute atomic E-state index is 12.1. The Hall–Kier alpha value is -1.89. The summed E-state index contributed by atoms with van der Waals surface area (Å²) >= 11 is 0. The molecule has 1 aromatic carbocycles. The number of hydrogen-bond acceptors (Lipinski definition) is 5. The van der Waals surface area contributed by atoms with Gasteiger partial charge in [-0.1, -0.05) is 6.07 Å². The Labute approximate surface area is 124 Å². The summed E-state index contributed by atoms with van der Waals surface area (Å²) in [6.07, 6.45) is 0.114. The fraction of sp³-hybridized carbons (Fsp3) is 0.429. The summed E-state index contributed by atoms with van der Waals surface area (Å²) in [7, 11) is -3.42. The van der Waals surface area contributed by atoms with E-state index in [1.807, 2.05) is 0 Å². The molecule has 21 heavy (non-hydrogen) atoms. The normalized spacial score (nSPS) is 12.6. The first-order chi connectivity index (χ1) is 9.66. The molecule has 0 saturated heterocycles. The standard InChI is InChI=1S/C14H19NO5S/c1-5-15-13(16)10(3)20-14(17)12-8-11(21(4,18)19)7-6-9(12)2/h6-8,10H,5H2,1-4H3,(H,15,16)/t10-/m0/s1. The fourth-order valence-corrected chi connectivity index (χ4v) is 2.29. The number of benzene rings is 1. The van der Waals surface area contributed by atoms with Gasteiger partial charge in [-0.25, -0.2) is 13.2 Å². The smallest absolute Gasteiger partial charge is 0.339 e. The van der Waals surface area contributed by atoms with Gasteiger partial charge in [-0.2, -0.15) is 0 Å². The zero-order chi connectivity index (χ0) is 16.2. The Balaban J connectivity index is 3.00. The number of aryl methyl sites for hydroxylation is 1. The van der Waals surface area contributed by atoms with E-state index in [9.17, 15) is 18.0 Å². The van der Waals surface area contributed by atoms with E-state index in [4.69, 9.17) is 4.74 Å². The van der Waals surface area contributed by atoms with E-state index >= 15 is 0 Å². The Morgan fingerprint density at radius 2 is 1.95 bits per heavy atom. The number of sulfone groups is 1. The van der Waals surface area contributed by atoms with Crippen molar-refractivity contribution in [1.29, 1.82) is 0 Å². The van der Waals surface area contributed by atoms with Crippen molar-refractivity contribution in [2.75, 3.05) is 12.8 Å². The molecule has 1 atom stereocenters. The molecule has 0 radical (unpaired) electrons. The average Bonchev–Trinajstić information content (AvgIpc) is 2.37. The summed E-state index contributed by atoms with van der Waals surface area (Å²) in [5, 5.41) is 2.54. The van der Waals surface area contributed by atoms with Crippen molar-refractivity contribution in [2.24, 2.45) is 0 Å². The van der Waals surface area contributed by atoms with Crippen LogP contribution in [0.5, 0.6) is 0 Å². The molecule has 0 fully saturated rings. The minimum absolute atomic E-state index is 0.0331. The highest BCUT2D eigenvalue weighted by molar-refractivity contribution is 7.90. The summed E-state index contributed by atoms with van der Waals surface area (Å²) < 4.78 is 28.1. The lowest BCUT2D eigenvalue weighted by molar-refractivity contribution is -0.128. The lowest BCUT2D eigenvalue weighted by atomic mass is 10.1. The van der Waals surface area contributed by atoms with Crippen LogP contribution < -0.4 is 5.32 Å². The zero-order valence-electron chi connectivity index (χ0n) is 12.5. The third-order valence-electron chi connectivity index (χ3n) is 2.86. The number of rotatable bonds is 5. The number of nitrogens with one attached hydrogen (secondary N) is 1. The van der Waals surface area contributed by atoms with Gasteiger partial charge in [-0.3, -0.25) is 4.79 Å². The van der Waals surface area contributed by atoms with Crippen LogP contribution in [0.2, 0.25) is 0 Å². The first kappa shape index (κ1) is 17.2. The first-order valence-corrected chi connectivity index (χ1v) is 8.35. The van der Waals surface area contributed by atoms with Gasteiger partial charge in [0.05, 0.1) is 10.5 Å². The number of esters is 1. The molecule has 7 heteroatoms. The Morgan fingerprint density at radius 3 is 2.48 bits per heavy atom. The van der Waals surface area contributed by atoms with Crippen LogP contribution in [0.15, 0.2) is 23.1 Å². The number of hydrogen-bond donors (Lipinski definition) is 1. The lowest BCUT2D eigenvalue weighted by Gasteiger charge is -2.14. The number of carbonyl (C=O) groups excluding carboxylic acids is 2. The van der Waals surface area contributed by atoms with E-state index < -0.39 is 27.8 Å². The Bertz CT molecular complexity index is 651. The molecular weight excluding hydrogens is 294 g/mol. The highest BCUT2D eigenvalue weighted by Crippen LogP contribution is 2.17. The average molecular weight is 313 g/mol. The van der Waals surface area contributed by atoms with Gasteiger partial charge in [0.25, 0.3) is 5.91 Å². The van der Waals surface area contributed by atoms with Gasteiger partial charge in [0.15, 0.2) is 15.9 Å². The van der Waals surface area contributed by atoms with Crippen LogP contribution in [0, 0.1) is 6.92 Å². The van der Waals surface area contributed by atoms with Crippen LogP contribution in [0.4, 0.5) is 0 Å². The number of ether oxygens (including phenoxy) is 1. The number of amides is 1. The second kappa shape index (κ2) is 6.71. The molecule has 1 N–H and O–H groups in total. The van der Waals surface area contributed by atoms with Crippen LogP contribution in [-0.2, 0) is 19.4 Å². The molecule has 0 saturated carbocycles. The highest BCUT2D eigenvalue weighted by atomic mass is 32.2. The molecule has 1 rings (SSSR count). The van der Waals surface area contributed by atoms with Crippen molar-refractivity contribution in [3.05, 3.63) is 29.3 Å². The quantitative estimate of drug-likeness (QED) is 0.822. The van der Waals surface area contributed by atoms with E-state index in [0.29, 0.717) is 12.1 Å².